The fraction of sp³-hybridized carbons (Fsp3) is 0.200. The quantitative estimate of drug-likeness (QED) is 0.580. The molecule has 1 aromatic rings. The van der Waals surface area contributed by atoms with Crippen molar-refractivity contribution < 1.29 is 9.90 Å². The van der Waals surface area contributed by atoms with Crippen LogP contribution in [0.3, 0.4) is 0 Å². The molecule has 0 saturated heterocycles. The molecule has 0 spiro atoms. The van der Waals surface area contributed by atoms with Crippen LogP contribution in [0.25, 0.3) is 6.08 Å². The maximum absolute atomic E-state index is 10.5. The lowest BCUT2D eigenvalue weighted by Gasteiger charge is -1.92. The van der Waals surface area contributed by atoms with Gasteiger partial charge in [-0.2, -0.15) is 5.26 Å². The summed E-state index contributed by atoms with van der Waals surface area (Å²) in [6.45, 7) is 2.80. The Balaban J connectivity index is 2.96. The number of carboxylic acids is 1. The molecule has 1 aromatic heterocycles. The molecule has 0 aliphatic carbocycles. The number of carbonyl (C=O) groups is 1. The molecule has 0 aliphatic rings. The molecule has 4 heteroatoms. The Kier molecular flexibility index (Phi) is 3.08. The highest BCUT2D eigenvalue weighted by molar-refractivity contribution is 5.96. The van der Waals surface area contributed by atoms with E-state index in [1.807, 2.05) is 17.7 Å². The average molecular weight is 190 g/mol. The minimum Gasteiger partial charge on any atom is -0.477 e. The topological polar surface area (TPSA) is 66.0 Å². The first-order chi connectivity index (χ1) is 6.67. The molecule has 0 radical (unpaired) electrons. The molecular weight excluding hydrogens is 180 g/mol. The third-order valence-electron chi connectivity index (χ3n) is 1.80. The fourth-order valence-electron chi connectivity index (χ4n) is 1.05. The Labute approximate surface area is 81.7 Å². The van der Waals surface area contributed by atoms with Crippen LogP contribution < -0.4 is 0 Å². The van der Waals surface area contributed by atoms with E-state index >= 15 is 0 Å². The molecule has 0 fully saturated rings. The summed E-state index contributed by atoms with van der Waals surface area (Å²) in [7, 11) is 0. The van der Waals surface area contributed by atoms with Gasteiger partial charge in [0.05, 0.1) is 0 Å². The number of rotatable bonds is 3. The normalized spacial score (nSPS) is 11.0. The number of aliphatic carboxylic acids is 1. The smallest absolute Gasteiger partial charge is 0.346 e. The van der Waals surface area contributed by atoms with E-state index in [1.165, 1.54) is 6.08 Å². The fourth-order valence-corrected chi connectivity index (χ4v) is 1.05. The van der Waals surface area contributed by atoms with Crippen LogP contribution in [0.5, 0.6) is 0 Å². The van der Waals surface area contributed by atoms with Crippen LogP contribution in [-0.4, -0.2) is 15.6 Å². The van der Waals surface area contributed by atoms with Gasteiger partial charge in [-0.1, -0.05) is 0 Å². The number of nitrogens with zero attached hydrogens (tertiary/aromatic N) is 2. The Bertz CT molecular complexity index is 410. The molecule has 0 bridgehead atoms. The zero-order valence-corrected chi connectivity index (χ0v) is 7.77. The minimum absolute atomic E-state index is 0.251. The van der Waals surface area contributed by atoms with Gasteiger partial charge >= 0.3 is 5.97 Å². The van der Waals surface area contributed by atoms with E-state index in [2.05, 4.69) is 0 Å². The molecule has 0 amide bonds. The Morgan fingerprint density at radius 3 is 2.93 bits per heavy atom. The second kappa shape index (κ2) is 4.28. The molecule has 1 rings (SSSR count). The number of hydrogen-bond donors (Lipinski definition) is 1. The Morgan fingerprint density at radius 1 is 1.79 bits per heavy atom. The zero-order chi connectivity index (χ0) is 10.6. The molecule has 0 unspecified atom stereocenters. The van der Waals surface area contributed by atoms with Crippen molar-refractivity contribution in [2.45, 2.75) is 13.5 Å². The van der Waals surface area contributed by atoms with Crippen LogP contribution in [0.4, 0.5) is 0 Å². The van der Waals surface area contributed by atoms with Crippen molar-refractivity contribution in [3.8, 4) is 6.07 Å². The van der Waals surface area contributed by atoms with Gasteiger partial charge < -0.3 is 9.67 Å². The van der Waals surface area contributed by atoms with Crippen LogP contribution in [0.15, 0.2) is 24.0 Å². The van der Waals surface area contributed by atoms with E-state index in [-0.39, 0.29) is 5.57 Å². The lowest BCUT2D eigenvalue weighted by Crippen LogP contribution is -1.97. The van der Waals surface area contributed by atoms with Crippen molar-refractivity contribution in [2.75, 3.05) is 0 Å². The minimum atomic E-state index is -1.20. The predicted octanol–water partition coefficient (Wildman–Crippen LogP) is 1.50. The number of hydrogen-bond acceptors (Lipinski definition) is 2. The number of aryl methyl sites for hydroxylation is 1. The van der Waals surface area contributed by atoms with Crippen LogP contribution >= 0.6 is 0 Å². The highest BCUT2D eigenvalue weighted by Gasteiger charge is 2.05. The van der Waals surface area contributed by atoms with Gasteiger partial charge in [-0.3, -0.25) is 0 Å². The number of carboxylic acid groups (broad SMARTS) is 1. The molecule has 0 aliphatic heterocycles. The molecule has 4 nitrogen and oxygen atoms in total. The molecular formula is C10H10N2O2. The van der Waals surface area contributed by atoms with Gasteiger partial charge in [-0.25, -0.2) is 4.79 Å². The molecule has 0 aromatic carbocycles. The second-order valence-corrected chi connectivity index (χ2v) is 2.75. The number of nitriles is 1. The summed E-state index contributed by atoms with van der Waals surface area (Å²) >= 11 is 0. The van der Waals surface area contributed by atoms with Crippen molar-refractivity contribution in [2.24, 2.45) is 0 Å². The van der Waals surface area contributed by atoms with Gasteiger partial charge in [0.25, 0.3) is 0 Å². The van der Waals surface area contributed by atoms with Gasteiger partial charge in [0.15, 0.2) is 0 Å². The van der Waals surface area contributed by atoms with E-state index in [9.17, 15) is 4.79 Å². The lowest BCUT2D eigenvalue weighted by atomic mass is 10.2. The van der Waals surface area contributed by atoms with Crippen LogP contribution in [0, 0.1) is 11.3 Å². The first kappa shape index (κ1) is 10.1. The van der Waals surface area contributed by atoms with E-state index in [1.54, 1.807) is 18.3 Å². The average Bonchev–Trinajstić information content (AvgIpc) is 2.61. The lowest BCUT2D eigenvalue weighted by molar-refractivity contribution is -0.132. The summed E-state index contributed by atoms with van der Waals surface area (Å²) in [6.07, 6.45) is 4.98. The Hall–Kier alpha value is -2.02. The van der Waals surface area contributed by atoms with Crippen LogP contribution in [0.1, 0.15) is 12.5 Å². The maximum Gasteiger partial charge on any atom is 0.346 e. The summed E-state index contributed by atoms with van der Waals surface area (Å²) in [6, 6.07) is 3.40. The molecule has 14 heavy (non-hydrogen) atoms. The van der Waals surface area contributed by atoms with E-state index in [4.69, 9.17) is 10.4 Å². The standard InChI is InChI=1S/C10H10N2O2/c1-2-12-4-3-8(7-12)5-9(6-11)10(13)14/h3-5,7H,2H2,1H3,(H,13,14). The maximum atomic E-state index is 10.5. The molecule has 1 heterocycles. The monoisotopic (exact) mass is 190 g/mol. The van der Waals surface area contributed by atoms with Crippen LogP contribution in [-0.2, 0) is 11.3 Å². The molecule has 1 N–H and O–H groups in total. The van der Waals surface area contributed by atoms with Crippen molar-refractivity contribution >= 4 is 12.0 Å². The van der Waals surface area contributed by atoms with Gasteiger partial charge in [0.1, 0.15) is 11.6 Å². The van der Waals surface area contributed by atoms with Crippen molar-refractivity contribution in [3.05, 3.63) is 29.6 Å². The van der Waals surface area contributed by atoms with Gasteiger partial charge in [0, 0.05) is 18.9 Å². The van der Waals surface area contributed by atoms with E-state index in [0.29, 0.717) is 0 Å². The van der Waals surface area contributed by atoms with Crippen molar-refractivity contribution in [1.82, 2.24) is 4.57 Å². The highest BCUT2D eigenvalue weighted by Crippen LogP contribution is 2.07. The van der Waals surface area contributed by atoms with E-state index < -0.39 is 5.97 Å². The first-order valence-electron chi connectivity index (χ1n) is 4.18. The summed E-state index contributed by atoms with van der Waals surface area (Å²) < 4.78 is 1.91. The molecule has 0 saturated carbocycles. The first-order valence-corrected chi connectivity index (χ1v) is 4.18. The van der Waals surface area contributed by atoms with Gasteiger partial charge in [0.2, 0.25) is 0 Å². The van der Waals surface area contributed by atoms with Crippen molar-refractivity contribution in [1.29, 1.82) is 5.26 Å². The largest absolute Gasteiger partial charge is 0.477 e. The van der Waals surface area contributed by atoms with Crippen molar-refractivity contribution in [3.63, 3.8) is 0 Å². The van der Waals surface area contributed by atoms with Crippen LogP contribution in [0.2, 0.25) is 0 Å². The summed E-state index contributed by atoms with van der Waals surface area (Å²) in [5, 5.41) is 17.1. The third-order valence-corrected chi connectivity index (χ3v) is 1.80. The molecule has 72 valence electrons. The van der Waals surface area contributed by atoms with Gasteiger partial charge in [-0.05, 0) is 24.6 Å². The molecule has 0 atom stereocenters. The predicted molar refractivity (Wildman–Crippen MR) is 51.3 cm³/mol. The number of aromatic nitrogens is 1. The zero-order valence-electron chi connectivity index (χ0n) is 7.77. The van der Waals surface area contributed by atoms with Gasteiger partial charge in [-0.15, -0.1) is 0 Å². The summed E-state index contributed by atoms with van der Waals surface area (Å²) in [4.78, 5) is 10.5. The van der Waals surface area contributed by atoms with E-state index in [0.717, 1.165) is 12.1 Å². The summed E-state index contributed by atoms with van der Waals surface area (Å²) in [5.74, 6) is -1.20. The second-order valence-electron chi connectivity index (χ2n) is 2.75. The highest BCUT2D eigenvalue weighted by atomic mass is 16.4. The SMILES string of the molecule is CCn1ccc(C=C(C#N)C(=O)O)c1. The Morgan fingerprint density at radius 2 is 2.50 bits per heavy atom. The summed E-state index contributed by atoms with van der Waals surface area (Å²) in [5.41, 5.74) is 0.477. The third kappa shape index (κ3) is 2.23.